The van der Waals surface area contributed by atoms with Gasteiger partial charge in [0.1, 0.15) is 5.75 Å². The van der Waals surface area contributed by atoms with E-state index in [9.17, 15) is 4.79 Å². The summed E-state index contributed by atoms with van der Waals surface area (Å²) in [5, 5.41) is 4.29. The van der Waals surface area contributed by atoms with Crippen LogP contribution in [-0.4, -0.2) is 32.9 Å². The number of halogens is 2. The van der Waals surface area contributed by atoms with Crippen molar-refractivity contribution in [2.75, 3.05) is 20.8 Å². The van der Waals surface area contributed by atoms with Crippen molar-refractivity contribution in [3.63, 3.8) is 0 Å². The van der Waals surface area contributed by atoms with E-state index in [-0.39, 0.29) is 6.61 Å². The van der Waals surface area contributed by atoms with Crippen LogP contribution in [-0.2, 0) is 4.79 Å². The number of hydrazone groups is 1. The van der Waals surface area contributed by atoms with E-state index in [2.05, 4.69) is 26.5 Å². The molecular weight excluding hydrogens is 412 g/mol. The molecule has 2 aromatic rings. The van der Waals surface area contributed by atoms with Crippen molar-refractivity contribution in [3.05, 3.63) is 51.5 Å². The average Bonchev–Trinajstić information content (AvgIpc) is 2.62. The van der Waals surface area contributed by atoms with Crippen molar-refractivity contribution in [2.24, 2.45) is 5.10 Å². The number of benzene rings is 2. The average molecular weight is 428 g/mol. The molecule has 132 valence electrons. The minimum Gasteiger partial charge on any atom is -0.493 e. The van der Waals surface area contributed by atoms with E-state index in [1.165, 1.54) is 20.4 Å². The fourth-order valence-corrected chi connectivity index (χ4v) is 2.32. The van der Waals surface area contributed by atoms with Crippen molar-refractivity contribution in [3.8, 4) is 17.2 Å². The zero-order chi connectivity index (χ0) is 18.2. The molecule has 8 heteroatoms. The number of rotatable bonds is 7. The SMILES string of the molecule is COc1cc(Cl)c(/C=N/NC(=O)COc2ccc(Br)cc2)cc1OC. The molecule has 0 radical (unpaired) electrons. The second-order valence-electron chi connectivity index (χ2n) is 4.76. The van der Waals surface area contributed by atoms with Gasteiger partial charge in [0.15, 0.2) is 18.1 Å². The third-order valence-electron chi connectivity index (χ3n) is 3.08. The molecule has 0 unspecified atom stereocenters. The van der Waals surface area contributed by atoms with Crippen molar-refractivity contribution in [2.45, 2.75) is 0 Å². The zero-order valence-corrected chi connectivity index (χ0v) is 15.9. The van der Waals surface area contributed by atoms with E-state index in [1.54, 1.807) is 24.3 Å². The standard InChI is InChI=1S/C17H16BrClN2O4/c1-23-15-7-11(14(19)8-16(15)24-2)9-20-21-17(22)10-25-13-5-3-12(18)4-6-13/h3-9H,10H2,1-2H3,(H,21,22)/b20-9+. The molecule has 0 aliphatic rings. The number of hydrogen-bond donors (Lipinski definition) is 1. The van der Waals surface area contributed by atoms with Crippen LogP contribution in [0.15, 0.2) is 46.0 Å². The summed E-state index contributed by atoms with van der Waals surface area (Å²) < 4.78 is 16.6. The molecule has 0 aliphatic carbocycles. The normalized spacial score (nSPS) is 10.6. The molecular formula is C17H16BrClN2O4. The first-order valence-corrected chi connectivity index (χ1v) is 8.32. The monoisotopic (exact) mass is 426 g/mol. The molecule has 0 atom stereocenters. The van der Waals surface area contributed by atoms with Gasteiger partial charge in [0.05, 0.1) is 25.5 Å². The maximum atomic E-state index is 11.7. The van der Waals surface area contributed by atoms with Crippen LogP contribution < -0.4 is 19.6 Å². The maximum absolute atomic E-state index is 11.7. The van der Waals surface area contributed by atoms with Gasteiger partial charge < -0.3 is 14.2 Å². The Morgan fingerprint density at radius 3 is 2.48 bits per heavy atom. The minimum absolute atomic E-state index is 0.154. The lowest BCUT2D eigenvalue weighted by Gasteiger charge is -2.09. The van der Waals surface area contributed by atoms with E-state index >= 15 is 0 Å². The molecule has 0 bridgehead atoms. The summed E-state index contributed by atoms with van der Waals surface area (Å²) in [4.78, 5) is 11.7. The highest BCUT2D eigenvalue weighted by atomic mass is 79.9. The van der Waals surface area contributed by atoms with Gasteiger partial charge in [0.2, 0.25) is 0 Å². The number of carbonyl (C=O) groups is 1. The Bertz CT molecular complexity index is 766. The topological polar surface area (TPSA) is 69.2 Å². The van der Waals surface area contributed by atoms with Crippen LogP contribution in [0.2, 0.25) is 5.02 Å². The first kappa shape index (κ1) is 19.1. The van der Waals surface area contributed by atoms with Gasteiger partial charge in [-0.2, -0.15) is 5.10 Å². The molecule has 0 fully saturated rings. The molecule has 0 aromatic heterocycles. The Balaban J connectivity index is 1.91. The molecule has 25 heavy (non-hydrogen) atoms. The molecule has 2 aromatic carbocycles. The Morgan fingerprint density at radius 2 is 1.84 bits per heavy atom. The lowest BCUT2D eigenvalue weighted by molar-refractivity contribution is -0.123. The summed E-state index contributed by atoms with van der Waals surface area (Å²) in [6.07, 6.45) is 1.42. The van der Waals surface area contributed by atoms with Crippen LogP contribution in [0.1, 0.15) is 5.56 Å². The Kier molecular flexibility index (Phi) is 7.09. The number of methoxy groups -OCH3 is 2. The highest BCUT2D eigenvalue weighted by Crippen LogP contribution is 2.32. The number of nitrogens with zero attached hydrogens (tertiary/aromatic N) is 1. The van der Waals surface area contributed by atoms with Gasteiger partial charge in [0, 0.05) is 16.1 Å². The van der Waals surface area contributed by atoms with E-state index in [4.69, 9.17) is 25.8 Å². The van der Waals surface area contributed by atoms with Gasteiger partial charge in [0.25, 0.3) is 5.91 Å². The molecule has 0 saturated carbocycles. The Labute approximate surface area is 158 Å². The van der Waals surface area contributed by atoms with E-state index in [0.29, 0.717) is 27.8 Å². The lowest BCUT2D eigenvalue weighted by atomic mass is 10.2. The lowest BCUT2D eigenvalue weighted by Crippen LogP contribution is -2.24. The second-order valence-corrected chi connectivity index (χ2v) is 6.09. The van der Waals surface area contributed by atoms with Crippen LogP contribution in [0.25, 0.3) is 0 Å². The van der Waals surface area contributed by atoms with Crippen LogP contribution in [0, 0.1) is 0 Å². The van der Waals surface area contributed by atoms with Crippen LogP contribution in [0.3, 0.4) is 0 Å². The van der Waals surface area contributed by atoms with Crippen LogP contribution in [0.4, 0.5) is 0 Å². The molecule has 0 heterocycles. The third kappa shape index (κ3) is 5.65. The highest BCUT2D eigenvalue weighted by Gasteiger charge is 2.08. The summed E-state index contributed by atoms with van der Waals surface area (Å²) in [5.41, 5.74) is 2.95. The quantitative estimate of drug-likeness (QED) is 0.541. The van der Waals surface area contributed by atoms with Gasteiger partial charge in [-0.25, -0.2) is 5.43 Å². The van der Waals surface area contributed by atoms with Crippen molar-refractivity contribution in [1.82, 2.24) is 5.43 Å². The zero-order valence-electron chi connectivity index (χ0n) is 13.6. The summed E-state index contributed by atoms with van der Waals surface area (Å²) in [7, 11) is 3.04. The van der Waals surface area contributed by atoms with Gasteiger partial charge in [-0.3, -0.25) is 4.79 Å². The Morgan fingerprint density at radius 1 is 1.20 bits per heavy atom. The molecule has 6 nitrogen and oxygen atoms in total. The number of hydrogen-bond acceptors (Lipinski definition) is 5. The van der Waals surface area contributed by atoms with Gasteiger partial charge in [-0.1, -0.05) is 27.5 Å². The van der Waals surface area contributed by atoms with E-state index < -0.39 is 5.91 Å². The van der Waals surface area contributed by atoms with Crippen LogP contribution in [0.5, 0.6) is 17.2 Å². The number of ether oxygens (including phenoxy) is 3. The van der Waals surface area contributed by atoms with Crippen molar-refractivity contribution >= 4 is 39.7 Å². The summed E-state index contributed by atoms with van der Waals surface area (Å²) in [5.74, 6) is 1.22. The molecule has 0 spiro atoms. The predicted octanol–water partition coefficient (Wildman–Crippen LogP) is 3.65. The summed E-state index contributed by atoms with van der Waals surface area (Å²) >= 11 is 9.46. The van der Waals surface area contributed by atoms with Gasteiger partial charge in [-0.15, -0.1) is 0 Å². The minimum atomic E-state index is -0.393. The first-order chi connectivity index (χ1) is 12.0. The fourth-order valence-electron chi connectivity index (χ4n) is 1.85. The van der Waals surface area contributed by atoms with Crippen molar-refractivity contribution < 1.29 is 19.0 Å². The number of carbonyl (C=O) groups excluding carboxylic acids is 1. The summed E-state index contributed by atoms with van der Waals surface area (Å²) in [6, 6.07) is 10.4. The maximum Gasteiger partial charge on any atom is 0.277 e. The van der Waals surface area contributed by atoms with Crippen molar-refractivity contribution in [1.29, 1.82) is 0 Å². The smallest absolute Gasteiger partial charge is 0.277 e. The van der Waals surface area contributed by atoms with E-state index in [0.717, 1.165) is 4.47 Å². The first-order valence-electron chi connectivity index (χ1n) is 7.15. The van der Waals surface area contributed by atoms with Crippen LogP contribution >= 0.6 is 27.5 Å². The van der Waals surface area contributed by atoms with Gasteiger partial charge in [-0.05, 0) is 30.3 Å². The molecule has 2 rings (SSSR count). The van der Waals surface area contributed by atoms with E-state index in [1.807, 2.05) is 12.1 Å². The largest absolute Gasteiger partial charge is 0.493 e. The number of nitrogens with one attached hydrogen (secondary N) is 1. The molecule has 1 amide bonds. The molecule has 1 N–H and O–H groups in total. The predicted molar refractivity (Wildman–Crippen MR) is 99.9 cm³/mol. The number of amides is 1. The molecule has 0 aliphatic heterocycles. The highest BCUT2D eigenvalue weighted by molar-refractivity contribution is 9.10. The van der Waals surface area contributed by atoms with Gasteiger partial charge >= 0.3 is 0 Å². The summed E-state index contributed by atoms with van der Waals surface area (Å²) in [6.45, 7) is -0.154. The second kappa shape index (κ2) is 9.29. The molecule has 0 saturated heterocycles. The third-order valence-corrected chi connectivity index (χ3v) is 3.94. The fraction of sp³-hybridized carbons (Fsp3) is 0.176. The Hall–Kier alpha value is -2.25.